The molecule has 11 heavy (non-hydrogen) atoms. The molecule has 0 fully saturated rings. The van der Waals surface area contributed by atoms with E-state index in [9.17, 15) is 0 Å². The van der Waals surface area contributed by atoms with Crippen LogP contribution in [0.4, 0.5) is 0 Å². The summed E-state index contributed by atoms with van der Waals surface area (Å²) in [5.74, 6) is 0. The quantitative estimate of drug-likeness (QED) is 0.584. The minimum absolute atomic E-state index is 0.359. The normalized spacial score (nSPS) is 29.8. The molecule has 0 aromatic rings. The molecule has 1 aliphatic rings. The molecular formula is C10H17N. The van der Waals surface area contributed by atoms with E-state index in [1.807, 2.05) is 0 Å². The zero-order valence-electron chi connectivity index (χ0n) is 7.67. The minimum atomic E-state index is 0.359. The summed E-state index contributed by atoms with van der Waals surface area (Å²) in [6.07, 6.45) is 9.97. The fourth-order valence-corrected chi connectivity index (χ4v) is 1.61. The maximum absolute atomic E-state index is 2.30. The highest BCUT2D eigenvalue weighted by Gasteiger charge is 2.20. The maximum Gasteiger partial charge on any atom is 0.00670 e. The Morgan fingerprint density at radius 2 is 2.09 bits per heavy atom. The van der Waals surface area contributed by atoms with Crippen molar-refractivity contribution in [3.8, 4) is 0 Å². The van der Waals surface area contributed by atoms with Gasteiger partial charge in [-0.05, 0) is 20.5 Å². The van der Waals surface area contributed by atoms with Gasteiger partial charge in [0.15, 0.2) is 0 Å². The van der Waals surface area contributed by atoms with Crippen molar-refractivity contribution in [2.24, 2.45) is 5.41 Å². The van der Waals surface area contributed by atoms with Gasteiger partial charge in [0, 0.05) is 12.0 Å². The third-order valence-electron chi connectivity index (χ3n) is 2.01. The van der Waals surface area contributed by atoms with Gasteiger partial charge in [-0.3, -0.25) is 0 Å². The lowest BCUT2D eigenvalue weighted by molar-refractivity contribution is 0.273. The Labute approximate surface area is 69.4 Å². The van der Waals surface area contributed by atoms with E-state index in [2.05, 4.69) is 50.2 Å². The predicted octanol–water partition coefficient (Wildman–Crippen LogP) is 2.07. The summed E-state index contributed by atoms with van der Waals surface area (Å²) in [4.78, 5) is 2.24. The van der Waals surface area contributed by atoms with Crippen molar-refractivity contribution in [1.29, 1.82) is 0 Å². The molecular weight excluding hydrogens is 134 g/mol. The average molecular weight is 151 g/mol. The summed E-state index contributed by atoms with van der Waals surface area (Å²) in [7, 11) is 4.24. The minimum Gasteiger partial charge on any atom is -0.309 e. The van der Waals surface area contributed by atoms with Crippen LogP contribution in [0, 0.1) is 5.41 Å². The van der Waals surface area contributed by atoms with Gasteiger partial charge in [0.05, 0.1) is 0 Å². The van der Waals surface area contributed by atoms with Crippen LogP contribution in [-0.4, -0.2) is 25.5 Å². The molecule has 0 amide bonds. The first kappa shape index (κ1) is 8.54. The van der Waals surface area contributed by atoms with Gasteiger partial charge in [0.2, 0.25) is 0 Å². The Bertz CT molecular complexity index is 179. The van der Waals surface area contributed by atoms with Gasteiger partial charge in [-0.1, -0.05) is 31.2 Å². The average Bonchev–Trinajstić information content (AvgIpc) is 1.85. The SMILES string of the molecule is CN(C)CC1(C)C=CC=CC1. The predicted molar refractivity (Wildman–Crippen MR) is 49.6 cm³/mol. The van der Waals surface area contributed by atoms with Crippen molar-refractivity contribution >= 4 is 0 Å². The third kappa shape index (κ3) is 2.51. The second-order valence-corrected chi connectivity index (χ2v) is 3.88. The van der Waals surface area contributed by atoms with Crippen molar-refractivity contribution in [2.45, 2.75) is 13.3 Å². The van der Waals surface area contributed by atoms with E-state index >= 15 is 0 Å². The van der Waals surface area contributed by atoms with E-state index in [1.54, 1.807) is 0 Å². The van der Waals surface area contributed by atoms with Crippen LogP contribution in [0.1, 0.15) is 13.3 Å². The van der Waals surface area contributed by atoms with Crippen LogP contribution >= 0.6 is 0 Å². The molecule has 1 nitrogen and oxygen atoms in total. The zero-order valence-corrected chi connectivity index (χ0v) is 7.67. The van der Waals surface area contributed by atoms with E-state index < -0.39 is 0 Å². The summed E-state index contributed by atoms with van der Waals surface area (Å²) in [5.41, 5.74) is 0.359. The van der Waals surface area contributed by atoms with Crippen LogP contribution < -0.4 is 0 Å². The van der Waals surface area contributed by atoms with Crippen LogP contribution in [0.25, 0.3) is 0 Å². The van der Waals surface area contributed by atoms with E-state index in [0.29, 0.717) is 5.41 Å². The molecule has 1 atom stereocenters. The van der Waals surface area contributed by atoms with Gasteiger partial charge in [0.25, 0.3) is 0 Å². The summed E-state index contributed by atoms with van der Waals surface area (Å²) in [6, 6.07) is 0. The van der Waals surface area contributed by atoms with Gasteiger partial charge >= 0.3 is 0 Å². The molecule has 1 rings (SSSR count). The van der Waals surface area contributed by atoms with Crippen molar-refractivity contribution in [3.05, 3.63) is 24.3 Å². The first-order valence-corrected chi connectivity index (χ1v) is 4.11. The number of hydrogen-bond donors (Lipinski definition) is 0. The van der Waals surface area contributed by atoms with Crippen molar-refractivity contribution in [3.63, 3.8) is 0 Å². The second kappa shape index (κ2) is 3.22. The molecule has 0 saturated heterocycles. The van der Waals surface area contributed by atoms with Gasteiger partial charge in [-0.15, -0.1) is 0 Å². The highest BCUT2D eigenvalue weighted by molar-refractivity contribution is 5.15. The highest BCUT2D eigenvalue weighted by atomic mass is 15.1. The first-order valence-electron chi connectivity index (χ1n) is 4.11. The van der Waals surface area contributed by atoms with Gasteiger partial charge in [-0.25, -0.2) is 0 Å². The molecule has 62 valence electrons. The molecule has 0 bridgehead atoms. The largest absolute Gasteiger partial charge is 0.309 e. The molecule has 0 radical (unpaired) electrons. The maximum atomic E-state index is 2.30. The Morgan fingerprint density at radius 1 is 1.36 bits per heavy atom. The lowest BCUT2D eigenvalue weighted by Crippen LogP contribution is -2.29. The summed E-state index contributed by atoms with van der Waals surface area (Å²) >= 11 is 0. The molecule has 0 heterocycles. The van der Waals surface area contributed by atoms with Crippen LogP contribution in [-0.2, 0) is 0 Å². The third-order valence-corrected chi connectivity index (χ3v) is 2.01. The van der Waals surface area contributed by atoms with Gasteiger partial charge in [0.1, 0.15) is 0 Å². The fourth-order valence-electron chi connectivity index (χ4n) is 1.61. The zero-order chi connectivity index (χ0) is 8.32. The molecule has 1 aliphatic carbocycles. The summed E-state index contributed by atoms with van der Waals surface area (Å²) in [5, 5.41) is 0. The van der Waals surface area contributed by atoms with E-state index in [0.717, 1.165) is 6.54 Å². The smallest absolute Gasteiger partial charge is 0.00670 e. The molecule has 0 aliphatic heterocycles. The molecule has 0 aromatic carbocycles. The van der Waals surface area contributed by atoms with Crippen LogP contribution in [0.3, 0.4) is 0 Å². The summed E-state index contributed by atoms with van der Waals surface area (Å²) < 4.78 is 0. The topological polar surface area (TPSA) is 3.24 Å². The molecule has 0 saturated carbocycles. The van der Waals surface area contributed by atoms with Crippen molar-refractivity contribution < 1.29 is 0 Å². The Kier molecular flexibility index (Phi) is 2.50. The van der Waals surface area contributed by atoms with E-state index in [1.165, 1.54) is 6.42 Å². The second-order valence-electron chi connectivity index (χ2n) is 3.88. The number of allylic oxidation sites excluding steroid dienone is 3. The lowest BCUT2D eigenvalue weighted by atomic mass is 9.83. The fraction of sp³-hybridized carbons (Fsp3) is 0.600. The van der Waals surface area contributed by atoms with Crippen LogP contribution in [0.5, 0.6) is 0 Å². The van der Waals surface area contributed by atoms with Gasteiger partial charge < -0.3 is 4.90 Å². The highest BCUT2D eigenvalue weighted by Crippen LogP contribution is 2.27. The van der Waals surface area contributed by atoms with Crippen LogP contribution in [0.2, 0.25) is 0 Å². The Morgan fingerprint density at radius 3 is 2.55 bits per heavy atom. The molecule has 1 heteroatoms. The monoisotopic (exact) mass is 151 g/mol. The molecule has 0 N–H and O–H groups in total. The standard InChI is InChI=1S/C10H17N/c1-10(9-11(2)3)7-5-4-6-8-10/h4-7H,8-9H2,1-3H3. The van der Waals surface area contributed by atoms with Crippen molar-refractivity contribution in [2.75, 3.05) is 20.6 Å². The number of nitrogens with zero attached hydrogens (tertiary/aromatic N) is 1. The van der Waals surface area contributed by atoms with E-state index in [-0.39, 0.29) is 0 Å². The lowest BCUT2D eigenvalue weighted by Gasteiger charge is -2.29. The van der Waals surface area contributed by atoms with Crippen LogP contribution in [0.15, 0.2) is 24.3 Å². The molecule has 0 aromatic heterocycles. The van der Waals surface area contributed by atoms with Crippen molar-refractivity contribution in [1.82, 2.24) is 4.90 Å². The van der Waals surface area contributed by atoms with Gasteiger partial charge in [-0.2, -0.15) is 0 Å². The number of rotatable bonds is 2. The molecule has 1 unspecified atom stereocenters. The Balaban J connectivity index is 2.54. The Hall–Kier alpha value is -0.560. The first-order chi connectivity index (χ1) is 5.12. The molecule has 0 spiro atoms. The number of hydrogen-bond acceptors (Lipinski definition) is 1. The van der Waals surface area contributed by atoms with E-state index in [4.69, 9.17) is 0 Å². The summed E-state index contributed by atoms with van der Waals surface area (Å²) in [6.45, 7) is 3.43.